The second-order valence-electron chi connectivity index (χ2n) is 6.21. The second kappa shape index (κ2) is 5.61. The Hall–Kier alpha value is -1.07. The van der Waals surface area contributed by atoms with Crippen molar-refractivity contribution in [3.8, 4) is 0 Å². The maximum atomic E-state index is 12.3. The maximum absolute atomic E-state index is 12.3. The van der Waals surface area contributed by atoms with Crippen LogP contribution in [-0.2, 0) is 15.5 Å². The van der Waals surface area contributed by atoms with Gasteiger partial charge in [-0.2, -0.15) is 0 Å². The van der Waals surface area contributed by atoms with Crippen molar-refractivity contribution in [3.63, 3.8) is 0 Å². The smallest absolute Gasteiger partial charge is 0.261 e. The van der Waals surface area contributed by atoms with Crippen LogP contribution in [0, 0.1) is 11.3 Å². The molecule has 4 nitrogen and oxygen atoms in total. The van der Waals surface area contributed by atoms with Gasteiger partial charge in [-0.15, -0.1) is 0 Å². The highest BCUT2D eigenvalue weighted by atomic mass is 35.7. The molecule has 1 fully saturated rings. The van der Waals surface area contributed by atoms with Crippen molar-refractivity contribution in [2.24, 2.45) is 11.3 Å². The third kappa shape index (κ3) is 3.77. The zero-order valence-electron chi connectivity index (χ0n) is 12.4. The van der Waals surface area contributed by atoms with E-state index in [9.17, 15) is 13.2 Å². The van der Waals surface area contributed by atoms with Crippen LogP contribution in [0.5, 0.6) is 0 Å². The molecule has 1 unspecified atom stereocenters. The topological polar surface area (TPSA) is 63.2 Å². The zero-order valence-corrected chi connectivity index (χ0v) is 14.0. The molecule has 0 bridgehead atoms. The van der Waals surface area contributed by atoms with Crippen LogP contribution in [0.25, 0.3) is 0 Å². The van der Waals surface area contributed by atoms with Crippen molar-refractivity contribution in [2.75, 3.05) is 6.54 Å². The van der Waals surface area contributed by atoms with Crippen LogP contribution < -0.4 is 5.32 Å². The molecule has 116 valence electrons. The van der Waals surface area contributed by atoms with Gasteiger partial charge in [0.2, 0.25) is 0 Å². The van der Waals surface area contributed by atoms with Gasteiger partial charge < -0.3 is 5.32 Å². The number of hydrogen-bond acceptors (Lipinski definition) is 3. The summed E-state index contributed by atoms with van der Waals surface area (Å²) in [6.45, 7) is 6.88. The van der Waals surface area contributed by atoms with Crippen LogP contribution in [0.4, 0.5) is 0 Å². The molecule has 1 aromatic rings. The number of carbonyl (C=O) groups excluding carboxylic acids is 1. The molecular weight excluding hydrogens is 310 g/mol. The summed E-state index contributed by atoms with van der Waals surface area (Å²) in [5, 5.41) is 2.89. The molecular formula is C15H20ClNO3S. The third-order valence-electron chi connectivity index (χ3n) is 4.21. The largest absolute Gasteiger partial charge is 0.352 e. The Morgan fingerprint density at radius 3 is 2.52 bits per heavy atom. The predicted octanol–water partition coefficient (Wildman–Crippen LogP) is 2.95. The molecule has 0 spiro atoms. The Balaban J connectivity index is 2.18. The van der Waals surface area contributed by atoms with E-state index < -0.39 is 9.05 Å². The Labute approximate surface area is 130 Å². The molecule has 1 aliphatic carbocycles. The number of rotatable bonds is 5. The highest BCUT2D eigenvalue weighted by Gasteiger charge is 2.45. The molecule has 6 heteroatoms. The predicted molar refractivity (Wildman–Crippen MR) is 83.1 cm³/mol. The first-order valence-electron chi connectivity index (χ1n) is 7.01. The first kappa shape index (κ1) is 16.3. The van der Waals surface area contributed by atoms with Gasteiger partial charge in [-0.3, -0.25) is 4.79 Å². The first-order chi connectivity index (χ1) is 9.65. The Morgan fingerprint density at radius 1 is 1.43 bits per heavy atom. The van der Waals surface area contributed by atoms with Gasteiger partial charge in [-0.1, -0.05) is 26.8 Å². The lowest BCUT2D eigenvalue weighted by Crippen LogP contribution is -2.27. The van der Waals surface area contributed by atoms with E-state index in [1.807, 2.05) is 6.92 Å². The van der Waals surface area contributed by atoms with Crippen molar-refractivity contribution in [2.45, 2.75) is 38.5 Å². The zero-order chi connectivity index (χ0) is 15.8. The summed E-state index contributed by atoms with van der Waals surface area (Å²) in [5.41, 5.74) is 1.49. The van der Waals surface area contributed by atoms with Crippen molar-refractivity contribution in [3.05, 3.63) is 29.3 Å². The fourth-order valence-electron chi connectivity index (χ4n) is 2.46. The lowest BCUT2D eigenvalue weighted by molar-refractivity contribution is 0.0949. The number of nitrogens with one attached hydrogen (secondary N) is 1. The molecule has 0 aliphatic heterocycles. The lowest BCUT2D eigenvalue weighted by Gasteiger charge is -2.11. The second-order valence-corrected chi connectivity index (χ2v) is 8.78. The maximum Gasteiger partial charge on any atom is 0.261 e. The van der Waals surface area contributed by atoms with E-state index in [0.717, 1.165) is 12.0 Å². The molecule has 1 aliphatic rings. The molecule has 0 saturated heterocycles. The van der Waals surface area contributed by atoms with E-state index in [2.05, 4.69) is 19.2 Å². The summed E-state index contributed by atoms with van der Waals surface area (Å²) in [4.78, 5) is 12.3. The average Bonchev–Trinajstić information content (AvgIpc) is 3.01. The minimum Gasteiger partial charge on any atom is -0.352 e. The van der Waals surface area contributed by atoms with E-state index in [0.29, 0.717) is 29.9 Å². The number of carbonyl (C=O) groups is 1. The molecule has 1 aromatic carbocycles. The molecule has 1 atom stereocenters. The van der Waals surface area contributed by atoms with Crippen LogP contribution in [0.3, 0.4) is 0 Å². The van der Waals surface area contributed by atoms with Gasteiger partial charge >= 0.3 is 0 Å². The normalized spacial score (nSPS) is 20.1. The van der Waals surface area contributed by atoms with Crippen molar-refractivity contribution in [1.29, 1.82) is 0 Å². The highest BCUT2D eigenvalue weighted by molar-refractivity contribution is 8.13. The first-order valence-corrected chi connectivity index (χ1v) is 9.32. The van der Waals surface area contributed by atoms with E-state index in [1.165, 1.54) is 12.1 Å². The standard InChI is InChI=1S/C15H20ClNO3S/c1-4-10-5-6-12(21(16,19)20)7-13(10)14(18)17-9-11-8-15(11,2)3/h5-7,11H,4,8-9H2,1-3H3,(H,17,18). The van der Waals surface area contributed by atoms with Gasteiger partial charge in [-0.25, -0.2) is 8.42 Å². The van der Waals surface area contributed by atoms with Crippen LogP contribution in [-0.4, -0.2) is 20.9 Å². The third-order valence-corrected chi connectivity index (χ3v) is 5.57. The van der Waals surface area contributed by atoms with Crippen LogP contribution in [0.15, 0.2) is 23.1 Å². The van der Waals surface area contributed by atoms with Gasteiger partial charge in [0.15, 0.2) is 0 Å². The number of halogens is 1. The number of benzene rings is 1. The van der Waals surface area contributed by atoms with Gasteiger partial charge in [0.1, 0.15) is 0 Å². The molecule has 0 radical (unpaired) electrons. The van der Waals surface area contributed by atoms with Gasteiger partial charge in [0.05, 0.1) is 4.90 Å². The van der Waals surface area contributed by atoms with E-state index in [4.69, 9.17) is 10.7 Å². The van der Waals surface area contributed by atoms with Crippen LogP contribution in [0.2, 0.25) is 0 Å². The Kier molecular flexibility index (Phi) is 4.36. The molecule has 0 heterocycles. The van der Waals surface area contributed by atoms with Gasteiger partial charge in [0.25, 0.3) is 15.0 Å². The minimum absolute atomic E-state index is 0.0433. The number of amides is 1. The summed E-state index contributed by atoms with van der Waals surface area (Å²) in [6.07, 6.45) is 1.75. The molecule has 2 rings (SSSR count). The summed E-state index contributed by atoms with van der Waals surface area (Å²) in [5.74, 6) is 0.253. The van der Waals surface area contributed by atoms with Crippen LogP contribution in [0.1, 0.15) is 43.1 Å². The molecule has 1 N–H and O–H groups in total. The Morgan fingerprint density at radius 2 is 2.05 bits per heavy atom. The monoisotopic (exact) mass is 329 g/mol. The van der Waals surface area contributed by atoms with E-state index in [-0.39, 0.29) is 10.8 Å². The Bertz CT molecular complexity index is 667. The summed E-state index contributed by atoms with van der Waals surface area (Å²) in [7, 11) is 1.52. The molecule has 1 saturated carbocycles. The van der Waals surface area contributed by atoms with Crippen LogP contribution >= 0.6 is 10.7 Å². The highest BCUT2D eigenvalue weighted by Crippen LogP contribution is 2.51. The fraction of sp³-hybridized carbons (Fsp3) is 0.533. The number of aryl methyl sites for hydroxylation is 1. The van der Waals surface area contributed by atoms with Gasteiger partial charge in [0, 0.05) is 22.8 Å². The average molecular weight is 330 g/mol. The quantitative estimate of drug-likeness (QED) is 0.845. The van der Waals surface area contributed by atoms with Crippen molar-refractivity contribution in [1.82, 2.24) is 5.32 Å². The van der Waals surface area contributed by atoms with Crippen molar-refractivity contribution < 1.29 is 13.2 Å². The minimum atomic E-state index is -3.83. The van der Waals surface area contributed by atoms with E-state index >= 15 is 0 Å². The van der Waals surface area contributed by atoms with Crippen molar-refractivity contribution >= 4 is 25.6 Å². The molecule has 0 aromatic heterocycles. The fourth-order valence-corrected chi connectivity index (χ4v) is 3.24. The van der Waals surface area contributed by atoms with E-state index in [1.54, 1.807) is 6.07 Å². The van der Waals surface area contributed by atoms with Gasteiger partial charge in [-0.05, 0) is 41.9 Å². The number of hydrogen-bond donors (Lipinski definition) is 1. The molecule has 1 amide bonds. The summed E-state index contributed by atoms with van der Waals surface area (Å²) in [6, 6.07) is 4.43. The molecule has 21 heavy (non-hydrogen) atoms. The summed E-state index contributed by atoms with van der Waals surface area (Å²) >= 11 is 0. The lowest BCUT2D eigenvalue weighted by atomic mass is 10.0. The summed E-state index contributed by atoms with van der Waals surface area (Å²) < 4.78 is 22.8. The SMILES string of the molecule is CCc1ccc(S(=O)(=O)Cl)cc1C(=O)NCC1CC1(C)C.